The van der Waals surface area contributed by atoms with Gasteiger partial charge in [0.15, 0.2) is 6.10 Å². The zero-order chi connectivity index (χ0) is 44.9. The molecule has 0 heterocycles. The highest BCUT2D eigenvalue weighted by Crippen LogP contribution is 2.16. The zero-order valence-corrected chi connectivity index (χ0v) is 41.1. The third-order valence-electron chi connectivity index (χ3n) is 11.8. The maximum absolute atomic E-state index is 12.3. The summed E-state index contributed by atoms with van der Waals surface area (Å²) in [5, 5.41) is 9.63. The molecule has 0 rings (SSSR count). The molecule has 0 saturated carbocycles. The lowest BCUT2D eigenvalue weighted by Gasteiger charge is -2.15. The quantitative estimate of drug-likeness (QED) is 0.0375. The minimum Gasteiger partial charge on any atom is -0.462 e. The number of esters is 2. The van der Waals surface area contributed by atoms with Crippen molar-refractivity contribution < 1.29 is 24.2 Å². The first-order valence-corrected chi connectivity index (χ1v) is 26.8. The van der Waals surface area contributed by atoms with Crippen molar-refractivity contribution in [2.24, 2.45) is 0 Å². The largest absolute Gasteiger partial charge is 0.462 e. The molecule has 0 saturated heterocycles. The summed E-state index contributed by atoms with van der Waals surface area (Å²) in [6, 6.07) is 0. The van der Waals surface area contributed by atoms with E-state index in [2.05, 4.69) is 74.6 Å². The zero-order valence-electron chi connectivity index (χ0n) is 41.1. The number of aliphatic hydroxyl groups excluding tert-OH is 1. The van der Waals surface area contributed by atoms with Crippen LogP contribution in [0.2, 0.25) is 0 Å². The Morgan fingerprint density at radius 2 is 0.645 bits per heavy atom. The maximum Gasteiger partial charge on any atom is 0.306 e. The van der Waals surface area contributed by atoms with Gasteiger partial charge in [-0.1, -0.05) is 235 Å². The summed E-state index contributed by atoms with van der Waals surface area (Å²) in [6.07, 6.45) is 70.4. The van der Waals surface area contributed by atoms with E-state index in [0.717, 1.165) is 64.2 Å². The van der Waals surface area contributed by atoms with Crippen molar-refractivity contribution in [3.05, 3.63) is 60.8 Å². The van der Waals surface area contributed by atoms with Crippen LogP contribution in [0.15, 0.2) is 60.8 Å². The van der Waals surface area contributed by atoms with Crippen molar-refractivity contribution in [2.45, 2.75) is 277 Å². The van der Waals surface area contributed by atoms with Crippen molar-refractivity contribution in [2.75, 3.05) is 13.2 Å². The summed E-state index contributed by atoms with van der Waals surface area (Å²) in [6.45, 7) is 4.12. The predicted molar refractivity (Wildman–Crippen MR) is 270 cm³/mol. The van der Waals surface area contributed by atoms with E-state index in [1.54, 1.807) is 0 Å². The van der Waals surface area contributed by atoms with Crippen molar-refractivity contribution >= 4 is 11.9 Å². The van der Waals surface area contributed by atoms with E-state index in [0.29, 0.717) is 12.8 Å². The molecule has 1 N–H and O–H groups in total. The van der Waals surface area contributed by atoms with E-state index in [-0.39, 0.29) is 25.2 Å². The Morgan fingerprint density at radius 1 is 0.371 bits per heavy atom. The number of hydrogen-bond acceptors (Lipinski definition) is 5. The molecule has 0 spiro atoms. The van der Waals surface area contributed by atoms with Gasteiger partial charge >= 0.3 is 11.9 Å². The molecule has 0 amide bonds. The van der Waals surface area contributed by atoms with Gasteiger partial charge in [-0.05, 0) is 83.5 Å². The Balaban J connectivity index is 3.47. The first kappa shape index (κ1) is 59.6. The molecular formula is C57H102O5. The summed E-state index contributed by atoms with van der Waals surface area (Å²) >= 11 is 0. The van der Waals surface area contributed by atoms with Crippen LogP contribution in [0.5, 0.6) is 0 Å². The monoisotopic (exact) mass is 867 g/mol. The highest BCUT2D eigenvalue weighted by molar-refractivity contribution is 5.70. The Bertz CT molecular complexity index is 1070. The molecule has 0 bridgehead atoms. The number of carbonyl (C=O) groups is 2. The number of aliphatic hydroxyl groups is 1. The second-order valence-corrected chi connectivity index (χ2v) is 17.9. The SMILES string of the molecule is CCCCC/C=C\C/C=C\CCCCCCCCCC(=O)OCC(CO)OC(=O)CCCCCCCCCCCCCCCCCC/C=C\C/C=C\C/C=C\CCCCCCC. The number of hydrogen-bond donors (Lipinski definition) is 1. The maximum atomic E-state index is 12.3. The Labute approximate surface area is 385 Å². The lowest BCUT2D eigenvalue weighted by molar-refractivity contribution is -0.161. The Hall–Kier alpha value is -2.40. The molecule has 5 nitrogen and oxygen atoms in total. The molecule has 0 aromatic carbocycles. The number of unbranched alkanes of at least 4 members (excludes halogenated alkanes) is 31. The normalized spacial score (nSPS) is 12.6. The molecule has 62 heavy (non-hydrogen) atoms. The molecular weight excluding hydrogens is 765 g/mol. The molecule has 0 aliphatic heterocycles. The van der Waals surface area contributed by atoms with Gasteiger partial charge in [-0.25, -0.2) is 0 Å². The van der Waals surface area contributed by atoms with Crippen LogP contribution in [0.3, 0.4) is 0 Å². The topological polar surface area (TPSA) is 72.8 Å². The van der Waals surface area contributed by atoms with Gasteiger partial charge in [0, 0.05) is 12.8 Å². The van der Waals surface area contributed by atoms with Crippen LogP contribution in [0.1, 0.15) is 271 Å². The second kappa shape index (κ2) is 52.9. The highest BCUT2D eigenvalue weighted by atomic mass is 16.6. The van der Waals surface area contributed by atoms with E-state index in [1.165, 1.54) is 180 Å². The molecule has 0 aromatic heterocycles. The van der Waals surface area contributed by atoms with Crippen LogP contribution in [0.4, 0.5) is 0 Å². The van der Waals surface area contributed by atoms with E-state index in [9.17, 15) is 14.7 Å². The molecule has 1 atom stereocenters. The third kappa shape index (κ3) is 50.2. The van der Waals surface area contributed by atoms with Crippen LogP contribution < -0.4 is 0 Å². The lowest BCUT2D eigenvalue weighted by atomic mass is 10.0. The molecule has 0 aromatic rings. The van der Waals surface area contributed by atoms with Gasteiger partial charge in [-0.15, -0.1) is 0 Å². The van der Waals surface area contributed by atoms with E-state index in [4.69, 9.17) is 9.47 Å². The van der Waals surface area contributed by atoms with E-state index >= 15 is 0 Å². The molecule has 1 unspecified atom stereocenters. The second-order valence-electron chi connectivity index (χ2n) is 17.9. The Morgan fingerprint density at radius 3 is 1.00 bits per heavy atom. The average molecular weight is 867 g/mol. The van der Waals surface area contributed by atoms with Gasteiger partial charge in [-0.2, -0.15) is 0 Å². The lowest BCUT2D eigenvalue weighted by Crippen LogP contribution is -2.28. The molecule has 5 heteroatoms. The summed E-state index contributed by atoms with van der Waals surface area (Å²) in [4.78, 5) is 24.4. The van der Waals surface area contributed by atoms with Gasteiger partial charge in [0.25, 0.3) is 0 Å². The smallest absolute Gasteiger partial charge is 0.306 e. The van der Waals surface area contributed by atoms with Crippen LogP contribution >= 0.6 is 0 Å². The molecule has 0 aliphatic carbocycles. The van der Waals surface area contributed by atoms with Crippen molar-refractivity contribution in [3.8, 4) is 0 Å². The average Bonchev–Trinajstić information content (AvgIpc) is 3.28. The van der Waals surface area contributed by atoms with Crippen molar-refractivity contribution in [1.29, 1.82) is 0 Å². The number of carbonyl (C=O) groups excluding carboxylic acids is 2. The first-order chi connectivity index (χ1) is 30.6. The number of ether oxygens (including phenoxy) is 2. The molecule has 0 fully saturated rings. The predicted octanol–water partition coefficient (Wildman–Crippen LogP) is 17.9. The van der Waals surface area contributed by atoms with Gasteiger partial charge < -0.3 is 14.6 Å². The standard InChI is InChI=1S/C57H102O5/c1-3-5-7-9-11-13-15-17-19-21-22-23-24-25-26-27-28-29-30-31-32-33-34-36-38-40-42-44-46-48-50-52-57(60)62-55(53-58)54-61-56(59)51-49-47-45-43-41-39-37-35-20-18-16-14-12-10-8-6-4-2/h12,14-15,17-18,20-22,24-25,55,58H,3-11,13,16,19,23,26-54H2,1-2H3/b14-12-,17-15-,20-18-,22-21-,25-24-. The molecule has 360 valence electrons. The van der Waals surface area contributed by atoms with Gasteiger partial charge in [-0.3, -0.25) is 9.59 Å². The van der Waals surface area contributed by atoms with Crippen LogP contribution in [0.25, 0.3) is 0 Å². The van der Waals surface area contributed by atoms with Gasteiger partial charge in [0.2, 0.25) is 0 Å². The summed E-state index contributed by atoms with van der Waals surface area (Å²) < 4.78 is 10.7. The van der Waals surface area contributed by atoms with E-state index in [1.807, 2.05) is 0 Å². The minimum absolute atomic E-state index is 0.0695. The van der Waals surface area contributed by atoms with Crippen molar-refractivity contribution in [1.82, 2.24) is 0 Å². The minimum atomic E-state index is -0.776. The molecule has 0 aliphatic rings. The van der Waals surface area contributed by atoms with Gasteiger partial charge in [0.05, 0.1) is 6.61 Å². The first-order valence-electron chi connectivity index (χ1n) is 26.8. The number of allylic oxidation sites excluding steroid dienone is 10. The molecule has 0 radical (unpaired) electrons. The Kier molecular flexibility index (Phi) is 50.9. The fraction of sp³-hybridized carbons (Fsp3) is 0.789. The van der Waals surface area contributed by atoms with Crippen LogP contribution in [-0.4, -0.2) is 36.4 Å². The summed E-state index contributed by atoms with van der Waals surface area (Å²) in [5.74, 6) is -0.593. The van der Waals surface area contributed by atoms with Gasteiger partial charge in [0.1, 0.15) is 6.61 Å². The number of rotatable bonds is 49. The summed E-state index contributed by atoms with van der Waals surface area (Å²) in [7, 11) is 0. The fourth-order valence-corrected chi connectivity index (χ4v) is 7.71. The van der Waals surface area contributed by atoms with Crippen LogP contribution in [-0.2, 0) is 19.1 Å². The van der Waals surface area contributed by atoms with Crippen molar-refractivity contribution in [3.63, 3.8) is 0 Å². The van der Waals surface area contributed by atoms with E-state index < -0.39 is 6.10 Å². The fourth-order valence-electron chi connectivity index (χ4n) is 7.71. The third-order valence-corrected chi connectivity index (χ3v) is 11.8. The highest BCUT2D eigenvalue weighted by Gasteiger charge is 2.16. The summed E-state index contributed by atoms with van der Waals surface area (Å²) in [5.41, 5.74) is 0. The van der Waals surface area contributed by atoms with Crippen LogP contribution in [0, 0.1) is 0 Å².